The lowest BCUT2D eigenvalue weighted by Crippen LogP contribution is -2.39. The van der Waals surface area contributed by atoms with Gasteiger partial charge >= 0.3 is 0 Å². The molecule has 2 N–H and O–H groups in total. The van der Waals surface area contributed by atoms with Gasteiger partial charge in [-0.15, -0.1) is 0 Å². The number of aromatic nitrogens is 1. The molecule has 2 heterocycles. The van der Waals surface area contributed by atoms with Gasteiger partial charge in [-0.05, 0) is 24.3 Å². The number of ether oxygens (including phenoxy) is 1. The van der Waals surface area contributed by atoms with Gasteiger partial charge in [-0.25, -0.2) is 4.98 Å². The van der Waals surface area contributed by atoms with Crippen molar-refractivity contribution >= 4 is 40.5 Å². The fraction of sp³-hybridized carbons (Fsp3) is 0.333. The van der Waals surface area contributed by atoms with Crippen molar-refractivity contribution in [3.8, 4) is 0 Å². The van der Waals surface area contributed by atoms with Gasteiger partial charge in [0, 0.05) is 26.2 Å². The summed E-state index contributed by atoms with van der Waals surface area (Å²) < 4.78 is 5.33. The number of halogens is 2. The largest absolute Gasteiger partial charge is 0.383 e. The van der Waals surface area contributed by atoms with Crippen molar-refractivity contribution in [2.45, 2.75) is 0 Å². The standard InChI is InChI=1S/C18H20Cl2N4O2/c19-14-2-1-3-15(17(14)20)23-18(25)16-5-4-13(12-22-16)21-6-7-24-8-10-26-11-9-24/h1-5,12,21H,6-11H2,(H,23,25). The van der Waals surface area contributed by atoms with Crippen molar-refractivity contribution in [1.82, 2.24) is 9.88 Å². The van der Waals surface area contributed by atoms with Crippen LogP contribution in [0, 0.1) is 0 Å². The van der Waals surface area contributed by atoms with Crippen LogP contribution in [0.2, 0.25) is 10.0 Å². The zero-order valence-electron chi connectivity index (χ0n) is 14.2. The van der Waals surface area contributed by atoms with E-state index in [2.05, 4.69) is 20.5 Å². The highest BCUT2D eigenvalue weighted by Gasteiger charge is 2.12. The van der Waals surface area contributed by atoms with Gasteiger partial charge < -0.3 is 15.4 Å². The minimum atomic E-state index is -0.339. The maximum absolute atomic E-state index is 12.3. The number of nitrogens with one attached hydrogen (secondary N) is 2. The first kappa shape index (κ1) is 18.9. The summed E-state index contributed by atoms with van der Waals surface area (Å²) in [6.45, 7) is 5.27. The number of hydrogen-bond acceptors (Lipinski definition) is 5. The molecule has 1 saturated heterocycles. The molecule has 0 bridgehead atoms. The molecule has 0 atom stereocenters. The number of carbonyl (C=O) groups excluding carboxylic acids is 1. The van der Waals surface area contributed by atoms with E-state index in [0.717, 1.165) is 45.1 Å². The number of nitrogens with zero attached hydrogens (tertiary/aromatic N) is 2. The lowest BCUT2D eigenvalue weighted by Gasteiger charge is -2.26. The van der Waals surface area contributed by atoms with Crippen LogP contribution < -0.4 is 10.6 Å². The Hall–Kier alpha value is -1.86. The fourth-order valence-corrected chi connectivity index (χ4v) is 2.95. The third-order valence-corrected chi connectivity index (χ3v) is 4.88. The molecule has 0 unspecified atom stereocenters. The average molecular weight is 395 g/mol. The number of benzene rings is 1. The lowest BCUT2D eigenvalue weighted by atomic mass is 10.2. The summed E-state index contributed by atoms with van der Waals surface area (Å²) in [5.41, 5.74) is 1.63. The molecule has 1 aromatic carbocycles. The number of hydrogen-bond donors (Lipinski definition) is 2. The molecule has 1 aliphatic heterocycles. The van der Waals surface area contributed by atoms with Gasteiger partial charge in [-0.3, -0.25) is 9.69 Å². The monoisotopic (exact) mass is 394 g/mol. The molecule has 0 saturated carbocycles. The molecule has 0 spiro atoms. The first-order chi connectivity index (χ1) is 12.6. The second kappa shape index (κ2) is 9.19. The normalized spacial score (nSPS) is 14.8. The number of pyridine rings is 1. The first-order valence-corrected chi connectivity index (χ1v) is 9.14. The smallest absolute Gasteiger partial charge is 0.274 e. The van der Waals surface area contributed by atoms with Gasteiger partial charge in [0.2, 0.25) is 0 Å². The Kier molecular flexibility index (Phi) is 6.68. The van der Waals surface area contributed by atoms with Gasteiger partial charge in [-0.1, -0.05) is 29.3 Å². The van der Waals surface area contributed by atoms with E-state index in [-0.39, 0.29) is 5.91 Å². The summed E-state index contributed by atoms with van der Waals surface area (Å²) >= 11 is 12.0. The van der Waals surface area contributed by atoms with Crippen LogP contribution in [0.5, 0.6) is 0 Å². The number of rotatable bonds is 6. The van der Waals surface area contributed by atoms with Gasteiger partial charge in [-0.2, -0.15) is 0 Å². The predicted octanol–water partition coefficient (Wildman–Crippen LogP) is 3.38. The van der Waals surface area contributed by atoms with Crippen LogP contribution >= 0.6 is 23.2 Å². The molecule has 26 heavy (non-hydrogen) atoms. The van der Waals surface area contributed by atoms with E-state index in [0.29, 0.717) is 21.4 Å². The van der Waals surface area contributed by atoms with Crippen molar-refractivity contribution in [1.29, 1.82) is 0 Å². The summed E-state index contributed by atoms with van der Waals surface area (Å²) in [5.74, 6) is -0.339. The summed E-state index contributed by atoms with van der Waals surface area (Å²) in [6.07, 6.45) is 1.65. The SMILES string of the molecule is O=C(Nc1cccc(Cl)c1Cl)c1ccc(NCCN2CCOCC2)cn1. The van der Waals surface area contributed by atoms with E-state index >= 15 is 0 Å². The van der Waals surface area contributed by atoms with Crippen LogP contribution in [0.15, 0.2) is 36.5 Å². The van der Waals surface area contributed by atoms with Crippen molar-refractivity contribution < 1.29 is 9.53 Å². The van der Waals surface area contributed by atoms with Crippen LogP contribution in [-0.2, 0) is 4.74 Å². The summed E-state index contributed by atoms with van der Waals surface area (Å²) in [4.78, 5) is 18.9. The molecule has 138 valence electrons. The minimum Gasteiger partial charge on any atom is -0.383 e. The minimum absolute atomic E-state index is 0.305. The highest BCUT2D eigenvalue weighted by molar-refractivity contribution is 6.44. The van der Waals surface area contributed by atoms with Crippen molar-refractivity contribution in [2.24, 2.45) is 0 Å². The second-order valence-corrected chi connectivity index (χ2v) is 6.65. The predicted molar refractivity (Wildman–Crippen MR) is 104 cm³/mol. The van der Waals surface area contributed by atoms with Crippen LogP contribution in [-0.4, -0.2) is 55.2 Å². The Morgan fingerprint density at radius 1 is 1.19 bits per heavy atom. The van der Waals surface area contributed by atoms with Crippen LogP contribution in [0.25, 0.3) is 0 Å². The quantitative estimate of drug-likeness (QED) is 0.785. The lowest BCUT2D eigenvalue weighted by molar-refractivity contribution is 0.0398. The van der Waals surface area contributed by atoms with Crippen LogP contribution in [0.1, 0.15) is 10.5 Å². The Bertz CT molecular complexity index is 749. The average Bonchev–Trinajstić information content (AvgIpc) is 2.67. The molecule has 6 nitrogen and oxygen atoms in total. The topological polar surface area (TPSA) is 66.5 Å². The molecule has 2 aromatic rings. The summed E-state index contributed by atoms with van der Waals surface area (Å²) in [7, 11) is 0. The van der Waals surface area contributed by atoms with E-state index in [1.54, 1.807) is 30.5 Å². The third kappa shape index (κ3) is 5.08. The molecule has 3 rings (SSSR count). The van der Waals surface area contributed by atoms with E-state index in [4.69, 9.17) is 27.9 Å². The molecule has 1 aliphatic rings. The molecule has 8 heteroatoms. The molecule has 1 aromatic heterocycles. The second-order valence-electron chi connectivity index (χ2n) is 5.87. The van der Waals surface area contributed by atoms with Gasteiger partial charge in [0.25, 0.3) is 5.91 Å². The van der Waals surface area contributed by atoms with Crippen molar-refractivity contribution in [3.05, 3.63) is 52.3 Å². The molecule has 0 aliphatic carbocycles. The number of morpholine rings is 1. The molecule has 1 fully saturated rings. The van der Waals surface area contributed by atoms with E-state index in [9.17, 15) is 4.79 Å². The highest BCUT2D eigenvalue weighted by atomic mass is 35.5. The third-order valence-electron chi connectivity index (χ3n) is 4.06. The van der Waals surface area contributed by atoms with Crippen LogP contribution in [0.4, 0.5) is 11.4 Å². The van der Waals surface area contributed by atoms with E-state index < -0.39 is 0 Å². The van der Waals surface area contributed by atoms with Crippen LogP contribution in [0.3, 0.4) is 0 Å². The van der Waals surface area contributed by atoms with E-state index in [1.807, 2.05) is 6.07 Å². The first-order valence-electron chi connectivity index (χ1n) is 8.39. The molecular formula is C18H20Cl2N4O2. The molecule has 1 amide bonds. The Balaban J connectivity index is 1.51. The number of carbonyl (C=O) groups is 1. The number of amides is 1. The fourth-order valence-electron chi connectivity index (χ4n) is 2.60. The molecular weight excluding hydrogens is 375 g/mol. The van der Waals surface area contributed by atoms with Gasteiger partial charge in [0.1, 0.15) is 5.69 Å². The summed E-state index contributed by atoms with van der Waals surface area (Å²) in [6, 6.07) is 8.58. The van der Waals surface area contributed by atoms with Gasteiger partial charge in [0.15, 0.2) is 0 Å². The maximum Gasteiger partial charge on any atom is 0.274 e. The maximum atomic E-state index is 12.3. The van der Waals surface area contributed by atoms with E-state index in [1.165, 1.54) is 0 Å². The highest BCUT2D eigenvalue weighted by Crippen LogP contribution is 2.29. The van der Waals surface area contributed by atoms with Crippen molar-refractivity contribution in [2.75, 3.05) is 50.0 Å². The van der Waals surface area contributed by atoms with Gasteiger partial charge in [0.05, 0.1) is 40.8 Å². The zero-order chi connectivity index (χ0) is 18.4. The Morgan fingerprint density at radius 3 is 2.73 bits per heavy atom. The van der Waals surface area contributed by atoms with Crippen molar-refractivity contribution in [3.63, 3.8) is 0 Å². The Labute approximate surface area is 162 Å². The zero-order valence-corrected chi connectivity index (χ0v) is 15.7. The summed E-state index contributed by atoms with van der Waals surface area (Å²) in [5, 5.41) is 6.72. The molecule has 0 radical (unpaired) electrons. The number of anilines is 2. The Morgan fingerprint density at radius 2 is 2.00 bits per heavy atom.